The van der Waals surface area contributed by atoms with E-state index in [0.29, 0.717) is 17.7 Å². The molecule has 1 aromatic heterocycles. The molecule has 1 aromatic rings. The average Bonchev–Trinajstić information content (AvgIpc) is 3.20. The van der Waals surface area contributed by atoms with Crippen LogP contribution in [0.1, 0.15) is 19.8 Å². The van der Waals surface area contributed by atoms with Crippen LogP contribution in [-0.2, 0) is 0 Å². The third-order valence-corrected chi connectivity index (χ3v) is 3.24. The van der Waals surface area contributed by atoms with Gasteiger partial charge in [0.1, 0.15) is 0 Å². The van der Waals surface area contributed by atoms with Crippen LogP contribution in [0.3, 0.4) is 0 Å². The SMILES string of the molecule is COc1cnc(NCC(C)N(C)C2CC2)nc1. The van der Waals surface area contributed by atoms with Gasteiger partial charge in [-0.1, -0.05) is 0 Å². The second kappa shape index (κ2) is 5.31. The van der Waals surface area contributed by atoms with Crippen LogP contribution in [-0.4, -0.2) is 47.7 Å². The molecule has 17 heavy (non-hydrogen) atoms. The molecule has 1 fully saturated rings. The number of aromatic nitrogens is 2. The van der Waals surface area contributed by atoms with Crippen molar-refractivity contribution in [2.24, 2.45) is 0 Å². The highest BCUT2D eigenvalue weighted by Gasteiger charge is 2.28. The number of likely N-dealkylation sites (N-methyl/N-ethyl adjacent to an activating group) is 1. The second-order valence-corrected chi connectivity index (χ2v) is 4.57. The fourth-order valence-corrected chi connectivity index (χ4v) is 1.74. The minimum atomic E-state index is 0.494. The summed E-state index contributed by atoms with van der Waals surface area (Å²) in [4.78, 5) is 10.8. The molecule has 5 nitrogen and oxygen atoms in total. The first kappa shape index (κ1) is 12.1. The summed E-state index contributed by atoms with van der Waals surface area (Å²) >= 11 is 0. The molecular formula is C12H20N4O. The molecule has 0 amide bonds. The van der Waals surface area contributed by atoms with E-state index >= 15 is 0 Å². The van der Waals surface area contributed by atoms with E-state index in [1.807, 2.05) is 0 Å². The zero-order valence-corrected chi connectivity index (χ0v) is 10.7. The third kappa shape index (κ3) is 3.30. The number of nitrogens with one attached hydrogen (secondary N) is 1. The van der Waals surface area contributed by atoms with Gasteiger partial charge in [0.2, 0.25) is 5.95 Å². The predicted molar refractivity (Wildman–Crippen MR) is 67.3 cm³/mol. The molecule has 0 spiro atoms. The summed E-state index contributed by atoms with van der Waals surface area (Å²) in [5, 5.41) is 3.24. The summed E-state index contributed by atoms with van der Waals surface area (Å²) in [6, 6.07) is 1.27. The van der Waals surface area contributed by atoms with Crippen LogP contribution in [0.5, 0.6) is 5.75 Å². The normalized spacial score (nSPS) is 16.9. The van der Waals surface area contributed by atoms with Crippen molar-refractivity contribution in [1.82, 2.24) is 14.9 Å². The molecule has 1 N–H and O–H groups in total. The lowest BCUT2D eigenvalue weighted by molar-refractivity contribution is 0.257. The Bertz CT molecular complexity index is 350. The van der Waals surface area contributed by atoms with Crippen molar-refractivity contribution in [3.63, 3.8) is 0 Å². The lowest BCUT2D eigenvalue weighted by atomic mass is 10.3. The van der Waals surface area contributed by atoms with Crippen LogP contribution in [0.15, 0.2) is 12.4 Å². The summed E-state index contributed by atoms with van der Waals surface area (Å²) < 4.78 is 5.01. The Morgan fingerprint density at radius 1 is 1.47 bits per heavy atom. The van der Waals surface area contributed by atoms with E-state index in [9.17, 15) is 0 Å². The van der Waals surface area contributed by atoms with Crippen molar-refractivity contribution in [3.8, 4) is 5.75 Å². The van der Waals surface area contributed by atoms with Crippen molar-refractivity contribution in [3.05, 3.63) is 12.4 Å². The Labute approximate surface area is 102 Å². The summed E-state index contributed by atoms with van der Waals surface area (Å²) in [5.74, 6) is 1.33. The topological polar surface area (TPSA) is 50.3 Å². The van der Waals surface area contributed by atoms with Crippen molar-refractivity contribution in [2.75, 3.05) is 26.0 Å². The fraction of sp³-hybridized carbons (Fsp3) is 0.667. The van der Waals surface area contributed by atoms with Crippen molar-refractivity contribution in [2.45, 2.75) is 31.8 Å². The first-order valence-electron chi connectivity index (χ1n) is 6.02. The molecule has 94 valence electrons. The molecule has 5 heteroatoms. The number of hydrogen-bond acceptors (Lipinski definition) is 5. The standard InChI is InChI=1S/C12H20N4O/c1-9(16(2)10-4-5-10)6-13-12-14-7-11(17-3)8-15-12/h7-10H,4-6H2,1-3H3,(H,13,14,15). The van der Waals surface area contributed by atoms with Crippen LogP contribution < -0.4 is 10.1 Å². The smallest absolute Gasteiger partial charge is 0.222 e. The molecule has 1 atom stereocenters. The highest BCUT2D eigenvalue weighted by molar-refractivity contribution is 5.27. The van der Waals surface area contributed by atoms with E-state index in [1.165, 1.54) is 12.8 Å². The van der Waals surface area contributed by atoms with E-state index in [-0.39, 0.29) is 0 Å². The number of rotatable bonds is 6. The molecule has 2 rings (SSSR count). The minimum absolute atomic E-state index is 0.494. The van der Waals surface area contributed by atoms with Crippen LogP contribution in [0.25, 0.3) is 0 Å². The third-order valence-electron chi connectivity index (χ3n) is 3.24. The highest BCUT2D eigenvalue weighted by atomic mass is 16.5. The molecule has 0 radical (unpaired) electrons. The van der Waals surface area contributed by atoms with E-state index in [0.717, 1.165) is 12.6 Å². The van der Waals surface area contributed by atoms with Gasteiger partial charge >= 0.3 is 0 Å². The zero-order chi connectivity index (χ0) is 12.3. The summed E-state index contributed by atoms with van der Waals surface area (Å²) in [5.41, 5.74) is 0. The Morgan fingerprint density at radius 3 is 2.65 bits per heavy atom. The maximum absolute atomic E-state index is 5.01. The zero-order valence-electron chi connectivity index (χ0n) is 10.7. The number of nitrogens with zero attached hydrogens (tertiary/aromatic N) is 3. The van der Waals surface area contributed by atoms with Crippen LogP contribution in [0.4, 0.5) is 5.95 Å². The summed E-state index contributed by atoms with van der Waals surface area (Å²) in [7, 11) is 3.79. The van der Waals surface area contributed by atoms with Crippen LogP contribution >= 0.6 is 0 Å². The van der Waals surface area contributed by atoms with E-state index in [4.69, 9.17) is 4.74 Å². The van der Waals surface area contributed by atoms with Crippen molar-refractivity contribution in [1.29, 1.82) is 0 Å². The molecule has 1 saturated carbocycles. The van der Waals surface area contributed by atoms with Crippen molar-refractivity contribution < 1.29 is 4.74 Å². The van der Waals surface area contributed by atoms with Crippen molar-refractivity contribution >= 4 is 5.95 Å². The molecule has 1 aliphatic carbocycles. The fourth-order valence-electron chi connectivity index (χ4n) is 1.74. The van der Waals surface area contributed by atoms with Gasteiger partial charge in [-0.2, -0.15) is 0 Å². The minimum Gasteiger partial charge on any atom is -0.494 e. The van der Waals surface area contributed by atoms with Gasteiger partial charge in [-0.05, 0) is 26.8 Å². The van der Waals surface area contributed by atoms with Gasteiger partial charge in [-0.3, -0.25) is 4.90 Å². The number of methoxy groups -OCH3 is 1. The maximum Gasteiger partial charge on any atom is 0.222 e. The predicted octanol–water partition coefficient (Wildman–Crippen LogP) is 1.38. The maximum atomic E-state index is 5.01. The second-order valence-electron chi connectivity index (χ2n) is 4.57. The van der Waals surface area contributed by atoms with Gasteiger partial charge in [0.25, 0.3) is 0 Å². The van der Waals surface area contributed by atoms with Gasteiger partial charge in [-0.25, -0.2) is 9.97 Å². The van der Waals surface area contributed by atoms with Gasteiger partial charge in [0.15, 0.2) is 5.75 Å². The van der Waals surface area contributed by atoms with Gasteiger partial charge in [0, 0.05) is 18.6 Å². The van der Waals surface area contributed by atoms with Gasteiger partial charge < -0.3 is 10.1 Å². The molecule has 0 aromatic carbocycles. The van der Waals surface area contributed by atoms with Gasteiger partial charge in [0.05, 0.1) is 19.5 Å². The Morgan fingerprint density at radius 2 is 2.12 bits per heavy atom. The first-order chi connectivity index (χ1) is 8.20. The molecule has 0 bridgehead atoms. The summed E-state index contributed by atoms with van der Waals surface area (Å²) in [6.45, 7) is 3.08. The Kier molecular flexibility index (Phi) is 3.78. The van der Waals surface area contributed by atoms with E-state index in [2.05, 4.69) is 34.2 Å². The Hall–Kier alpha value is -1.36. The Balaban J connectivity index is 1.79. The van der Waals surface area contributed by atoms with E-state index < -0.39 is 0 Å². The van der Waals surface area contributed by atoms with Crippen LogP contribution in [0.2, 0.25) is 0 Å². The molecular weight excluding hydrogens is 216 g/mol. The number of ether oxygens (including phenoxy) is 1. The monoisotopic (exact) mass is 236 g/mol. The number of hydrogen-bond donors (Lipinski definition) is 1. The molecule has 0 aliphatic heterocycles. The summed E-state index contributed by atoms with van der Waals surface area (Å²) in [6.07, 6.45) is 6.01. The average molecular weight is 236 g/mol. The molecule has 0 saturated heterocycles. The number of anilines is 1. The van der Waals surface area contributed by atoms with Gasteiger partial charge in [-0.15, -0.1) is 0 Å². The van der Waals surface area contributed by atoms with E-state index in [1.54, 1.807) is 19.5 Å². The largest absolute Gasteiger partial charge is 0.494 e. The quantitative estimate of drug-likeness (QED) is 0.808. The lowest BCUT2D eigenvalue weighted by Gasteiger charge is -2.24. The first-order valence-corrected chi connectivity index (χ1v) is 6.02. The lowest BCUT2D eigenvalue weighted by Crippen LogP contribution is -2.36. The molecule has 1 unspecified atom stereocenters. The van der Waals surface area contributed by atoms with Crippen LogP contribution in [0, 0.1) is 0 Å². The molecule has 1 aliphatic rings. The molecule has 1 heterocycles. The highest BCUT2D eigenvalue weighted by Crippen LogP contribution is 2.26.